The van der Waals surface area contributed by atoms with Crippen LogP contribution in [0.2, 0.25) is 0 Å². The Morgan fingerprint density at radius 2 is 1.96 bits per heavy atom. The molecule has 0 aliphatic rings. The Kier molecular flexibility index (Phi) is 6.05. The summed E-state index contributed by atoms with van der Waals surface area (Å²) in [6.45, 7) is 2.15. The zero-order chi connectivity index (χ0) is 20.1. The molecular formula is C19H20FN3O4S. The number of aromatic nitrogens is 2. The van der Waals surface area contributed by atoms with Gasteiger partial charge in [-0.05, 0) is 36.8 Å². The molecule has 0 radical (unpaired) electrons. The van der Waals surface area contributed by atoms with Crippen molar-refractivity contribution in [3.8, 4) is 5.75 Å². The third kappa shape index (κ3) is 4.73. The summed E-state index contributed by atoms with van der Waals surface area (Å²) in [5, 5.41) is 3.83. The molecule has 0 aliphatic heterocycles. The van der Waals surface area contributed by atoms with E-state index in [1.54, 1.807) is 0 Å². The molecule has 9 heteroatoms. The van der Waals surface area contributed by atoms with Crippen LogP contribution in [0.15, 0.2) is 57.9 Å². The number of halogens is 1. The van der Waals surface area contributed by atoms with Crippen molar-refractivity contribution in [3.63, 3.8) is 0 Å². The van der Waals surface area contributed by atoms with Gasteiger partial charge in [-0.1, -0.05) is 29.4 Å². The fourth-order valence-electron chi connectivity index (χ4n) is 2.50. The Morgan fingerprint density at radius 3 is 2.71 bits per heavy atom. The minimum Gasteiger partial charge on any atom is -0.484 e. The van der Waals surface area contributed by atoms with Crippen molar-refractivity contribution < 1.29 is 22.1 Å². The number of aryl methyl sites for hydroxylation is 1. The van der Waals surface area contributed by atoms with Gasteiger partial charge in [0.15, 0.2) is 12.4 Å². The van der Waals surface area contributed by atoms with Crippen LogP contribution in [0.5, 0.6) is 5.75 Å². The van der Waals surface area contributed by atoms with Gasteiger partial charge in [-0.3, -0.25) is 0 Å². The standard InChI is InChI=1S/C19H20FN3O4S/c1-14-6-5-7-15(12-14)26-13-19-21-18(22-27-19)10-11-23(2)28(24,25)17-9-4-3-8-16(17)20/h3-9,12H,10-11,13H2,1-2H3. The lowest BCUT2D eigenvalue weighted by Gasteiger charge is -2.16. The molecule has 1 heterocycles. The Balaban J connectivity index is 1.57. The summed E-state index contributed by atoms with van der Waals surface area (Å²) in [5.74, 6) is 0.537. The monoisotopic (exact) mass is 405 g/mol. The number of hydrogen-bond donors (Lipinski definition) is 0. The first kappa shape index (κ1) is 20.0. The number of ether oxygens (including phenoxy) is 1. The van der Waals surface area contributed by atoms with E-state index in [0.717, 1.165) is 15.9 Å². The molecule has 7 nitrogen and oxygen atoms in total. The maximum atomic E-state index is 13.8. The predicted octanol–water partition coefficient (Wildman–Crippen LogP) is 2.96. The summed E-state index contributed by atoms with van der Waals surface area (Å²) in [6, 6.07) is 12.8. The molecule has 3 aromatic rings. The Hall–Kier alpha value is -2.78. The van der Waals surface area contributed by atoms with Crippen LogP contribution in [-0.2, 0) is 23.1 Å². The van der Waals surface area contributed by atoms with E-state index in [9.17, 15) is 12.8 Å². The van der Waals surface area contributed by atoms with Crippen LogP contribution in [-0.4, -0.2) is 36.5 Å². The van der Waals surface area contributed by atoms with Gasteiger partial charge in [0.2, 0.25) is 10.0 Å². The Bertz CT molecular complexity index is 1050. The maximum absolute atomic E-state index is 13.8. The van der Waals surface area contributed by atoms with Crippen molar-refractivity contribution in [2.24, 2.45) is 0 Å². The third-order valence-electron chi connectivity index (χ3n) is 4.04. The van der Waals surface area contributed by atoms with Gasteiger partial charge in [0.1, 0.15) is 16.5 Å². The molecule has 28 heavy (non-hydrogen) atoms. The molecule has 0 saturated carbocycles. The highest BCUT2D eigenvalue weighted by molar-refractivity contribution is 7.89. The lowest BCUT2D eigenvalue weighted by atomic mass is 10.2. The lowest BCUT2D eigenvalue weighted by molar-refractivity contribution is 0.242. The number of sulfonamides is 1. The van der Waals surface area contributed by atoms with E-state index in [1.165, 1.54) is 25.2 Å². The fourth-order valence-corrected chi connectivity index (χ4v) is 3.73. The highest BCUT2D eigenvalue weighted by Gasteiger charge is 2.24. The van der Waals surface area contributed by atoms with E-state index in [0.29, 0.717) is 11.6 Å². The van der Waals surface area contributed by atoms with Gasteiger partial charge >= 0.3 is 0 Å². The van der Waals surface area contributed by atoms with E-state index in [4.69, 9.17) is 9.26 Å². The minimum absolute atomic E-state index is 0.0778. The van der Waals surface area contributed by atoms with Crippen LogP contribution in [0.4, 0.5) is 4.39 Å². The quantitative estimate of drug-likeness (QED) is 0.573. The second-order valence-corrected chi connectivity index (χ2v) is 8.23. The number of benzene rings is 2. The van der Waals surface area contributed by atoms with Crippen LogP contribution in [0, 0.1) is 12.7 Å². The van der Waals surface area contributed by atoms with Crippen LogP contribution in [0.1, 0.15) is 17.3 Å². The predicted molar refractivity (Wildman–Crippen MR) is 99.7 cm³/mol. The molecule has 0 aliphatic carbocycles. The highest BCUT2D eigenvalue weighted by atomic mass is 32.2. The van der Waals surface area contributed by atoms with Crippen LogP contribution < -0.4 is 4.74 Å². The van der Waals surface area contributed by atoms with Gasteiger partial charge in [0, 0.05) is 20.0 Å². The van der Waals surface area contributed by atoms with E-state index in [-0.39, 0.29) is 30.4 Å². The Labute approximate surface area is 162 Å². The van der Waals surface area contributed by atoms with Gasteiger partial charge in [-0.15, -0.1) is 0 Å². The molecule has 0 fully saturated rings. The molecule has 2 aromatic carbocycles. The Morgan fingerprint density at radius 1 is 1.18 bits per heavy atom. The van der Waals surface area contributed by atoms with Gasteiger partial charge in [0.05, 0.1) is 0 Å². The summed E-state index contributed by atoms with van der Waals surface area (Å²) < 4.78 is 50.5. The molecule has 0 amide bonds. The molecule has 0 bridgehead atoms. The van der Waals surface area contributed by atoms with Gasteiger partial charge < -0.3 is 9.26 Å². The summed E-state index contributed by atoms with van der Waals surface area (Å²) in [5.41, 5.74) is 1.07. The zero-order valence-corrected chi connectivity index (χ0v) is 16.3. The molecular weight excluding hydrogens is 385 g/mol. The molecule has 0 atom stereocenters. The zero-order valence-electron chi connectivity index (χ0n) is 15.5. The molecule has 0 unspecified atom stereocenters. The second-order valence-electron chi connectivity index (χ2n) is 6.22. The maximum Gasteiger partial charge on any atom is 0.264 e. The van der Waals surface area contributed by atoms with E-state index in [1.807, 2.05) is 31.2 Å². The van der Waals surface area contributed by atoms with Crippen LogP contribution in [0.25, 0.3) is 0 Å². The highest BCUT2D eigenvalue weighted by Crippen LogP contribution is 2.18. The average Bonchev–Trinajstić information content (AvgIpc) is 3.12. The second kappa shape index (κ2) is 8.49. The third-order valence-corrected chi connectivity index (χ3v) is 5.93. The van der Waals surface area contributed by atoms with Crippen molar-refractivity contribution in [1.29, 1.82) is 0 Å². The SMILES string of the molecule is Cc1cccc(OCc2nc(CCN(C)S(=O)(=O)c3ccccc3F)no2)c1. The van der Waals surface area contributed by atoms with Crippen molar-refractivity contribution in [2.45, 2.75) is 24.8 Å². The molecule has 0 spiro atoms. The summed E-state index contributed by atoms with van der Waals surface area (Å²) >= 11 is 0. The fraction of sp³-hybridized carbons (Fsp3) is 0.263. The lowest BCUT2D eigenvalue weighted by Crippen LogP contribution is -2.29. The molecule has 148 valence electrons. The van der Waals surface area contributed by atoms with E-state index < -0.39 is 15.8 Å². The first-order chi connectivity index (χ1) is 13.4. The molecule has 1 aromatic heterocycles. The van der Waals surface area contributed by atoms with Gasteiger partial charge in [-0.25, -0.2) is 17.1 Å². The smallest absolute Gasteiger partial charge is 0.264 e. The van der Waals surface area contributed by atoms with Crippen molar-refractivity contribution >= 4 is 10.0 Å². The van der Waals surface area contributed by atoms with Crippen LogP contribution in [0.3, 0.4) is 0 Å². The molecule has 0 N–H and O–H groups in total. The first-order valence-electron chi connectivity index (χ1n) is 8.58. The summed E-state index contributed by atoms with van der Waals surface area (Å²) in [7, 11) is -2.56. The minimum atomic E-state index is -3.94. The first-order valence-corrected chi connectivity index (χ1v) is 10.0. The average molecular weight is 405 g/mol. The van der Waals surface area contributed by atoms with Crippen molar-refractivity contribution in [1.82, 2.24) is 14.4 Å². The van der Waals surface area contributed by atoms with Gasteiger partial charge in [-0.2, -0.15) is 4.98 Å². The van der Waals surface area contributed by atoms with Crippen molar-refractivity contribution in [2.75, 3.05) is 13.6 Å². The number of nitrogens with zero attached hydrogens (tertiary/aromatic N) is 3. The number of likely N-dealkylation sites (N-methyl/N-ethyl adjacent to an activating group) is 1. The van der Waals surface area contributed by atoms with E-state index in [2.05, 4.69) is 10.1 Å². The topological polar surface area (TPSA) is 85.5 Å². The van der Waals surface area contributed by atoms with Gasteiger partial charge in [0.25, 0.3) is 5.89 Å². The number of hydrogen-bond acceptors (Lipinski definition) is 6. The summed E-state index contributed by atoms with van der Waals surface area (Å²) in [4.78, 5) is 3.83. The number of rotatable bonds is 8. The normalized spacial score (nSPS) is 11.7. The molecule has 3 rings (SSSR count). The van der Waals surface area contributed by atoms with Crippen molar-refractivity contribution in [3.05, 3.63) is 71.6 Å². The van der Waals surface area contributed by atoms with E-state index >= 15 is 0 Å². The largest absolute Gasteiger partial charge is 0.484 e. The molecule has 0 saturated heterocycles. The van der Waals surface area contributed by atoms with Crippen LogP contribution >= 0.6 is 0 Å². The summed E-state index contributed by atoms with van der Waals surface area (Å²) in [6.07, 6.45) is 0.220.